The minimum Gasteiger partial charge on any atom is -0.369 e. The van der Waals surface area contributed by atoms with Crippen molar-refractivity contribution in [2.24, 2.45) is 5.92 Å². The Bertz CT molecular complexity index is 583. The summed E-state index contributed by atoms with van der Waals surface area (Å²) in [5.74, 6) is 3.68. The summed E-state index contributed by atoms with van der Waals surface area (Å²) in [5.41, 5.74) is 8.06. The molecule has 1 saturated carbocycles. The van der Waals surface area contributed by atoms with E-state index in [2.05, 4.69) is 25.8 Å². The van der Waals surface area contributed by atoms with E-state index in [1.807, 2.05) is 4.57 Å². The van der Waals surface area contributed by atoms with Crippen LogP contribution >= 0.6 is 0 Å². The molecular formula is C15H23N5. The molecule has 3 rings (SSSR count). The molecule has 0 aromatic carbocycles. The summed E-state index contributed by atoms with van der Waals surface area (Å²) in [4.78, 5) is 14.0. The fourth-order valence-corrected chi connectivity index (χ4v) is 2.47. The summed E-state index contributed by atoms with van der Waals surface area (Å²) in [5, 5.41) is 0. The van der Waals surface area contributed by atoms with Crippen molar-refractivity contribution < 1.29 is 0 Å². The van der Waals surface area contributed by atoms with Crippen LogP contribution in [0.5, 0.6) is 0 Å². The molecule has 0 aromatic heterocycles. The second-order valence-electron chi connectivity index (χ2n) is 6.13. The Hall–Kier alpha value is -1.65. The topological polar surface area (TPSA) is 69.6 Å². The lowest BCUT2D eigenvalue weighted by Crippen LogP contribution is -2.15. The van der Waals surface area contributed by atoms with Crippen LogP contribution in [0.4, 0.5) is 5.95 Å². The van der Waals surface area contributed by atoms with Gasteiger partial charge in [-0.05, 0) is 31.6 Å². The molecule has 5 nitrogen and oxygen atoms in total. The summed E-state index contributed by atoms with van der Waals surface area (Å²) in [7, 11) is 0. The fraction of sp³-hybridized carbons (Fsp3) is 0.667. The summed E-state index contributed by atoms with van der Waals surface area (Å²) >= 11 is 0. The van der Waals surface area contributed by atoms with E-state index in [9.17, 15) is 0 Å². The van der Waals surface area contributed by atoms with Crippen molar-refractivity contribution in [1.29, 1.82) is 0 Å². The number of aromatic nitrogens is 4. The number of imidazole rings is 1. The first-order valence-corrected chi connectivity index (χ1v) is 7.62. The number of anilines is 1. The Balaban J connectivity index is 2.06. The minimum absolute atomic E-state index is 0.562. The number of hydrogen-bond acceptors (Lipinski definition) is 4. The number of aryl methyl sites for hydroxylation is 1. The lowest BCUT2D eigenvalue weighted by Gasteiger charge is -2.16. The molecule has 2 heterocycles. The summed E-state index contributed by atoms with van der Waals surface area (Å²) < 4.78 is 2.04. The van der Waals surface area contributed by atoms with Gasteiger partial charge < -0.3 is 5.73 Å². The van der Waals surface area contributed by atoms with Gasteiger partial charge in [-0.3, -0.25) is 4.57 Å². The zero-order chi connectivity index (χ0) is 14.3. The molecule has 1 aliphatic carbocycles. The Morgan fingerprint density at radius 3 is 2.60 bits per heavy atom. The van der Waals surface area contributed by atoms with Crippen molar-refractivity contribution in [3.8, 4) is 11.5 Å². The first kappa shape index (κ1) is 13.3. The molecule has 0 spiro atoms. The predicted octanol–water partition coefficient (Wildman–Crippen LogP) is 2.85. The molecule has 0 unspecified atom stereocenters. The molecule has 0 radical (unpaired) electrons. The summed E-state index contributed by atoms with van der Waals surface area (Å²) in [6, 6.07) is 0. The average molecular weight is 273 g/mol. The second-order valence-corrected chi connectivity index (χ2v) is 6.13. The molecule has 5 heteroatoms. The molecular weight excluding hydrogens is 250 g/mol. The average Bonchev–Trinajstić information content (AvgIpc) is 3.16. The third-order valence-corrected chi connectivity index (χ3v) is 3.92. The molecule has 0 bridgehead atoms. The monoisotopic (exact) mass is 273 g/mol. The third-order valence-electron chi connectivity index (χ3n) is 3.92. The molecule has 2 aliphatic heterocycles. The highest BCUT2D eigenvalue weighted by Crippen LogP contribution is 2.40. The quantitative estimate of drug-likeness (QED) is 0.909. The van der Waals surface area contributed by atoms with Crippen LogP contribution in [-0.4, -0.2) is 19.5 Å². The van der Waals surface area contributed by atoms with Gasteiger partial charge in [0.15, 0.2) is 5.82 Å². The normalized spacial score (nSPS) is 15.4. The van der Waals surface area contributed by atoms with Gasteiger partial charge in [0.25, 0.3) is 0 Å². The Labute approximate surface area is 120 Å². The van der Waals surface area contributed by atoms with Gasteiger partial charge in [0, 0.05) is 12.5 Å². The lowest BCUT2D eigenvalue weighted by atomic mass is 10.1. The van der Waals surface area contributed by atoms with Gasteiger partial charge in [-0.25, -0.2) is 15.0 Å². The molecule has 0 amide bonds. The molecule has 3 aliphatic rings. The van der Waals surface area contributed by atoms with Gasteiger partial charge in [-0.15, -0.1) is 0 Å². The minimum atomic E-state index is 0.562. The number of hydrogen-bond donors (Lipinski definition) is 1. The van der Waals surface area contributed by atoms with E-state index >= 15 is 0 Å². The van der Waals surface area contributed by atoms with E-state index in [4.69, 9.17) is 15.7 Å². The zero-order valence-electron chi connectivity index (χ0n) is 12.6. The lowest BCUT2D eigenvalue weighted by molar-refractivity contribution is 0.515. The maximum absolute atomic E-state index is 6.13. The van der Waals surface area contributed by atoms with Crippen LogP contribution in [0.3, 0.4) is 0 Å². The van der Waals surface area contributed by atoms with Crippen LogP contribution in [0.1, 0.15) is 57.5 Å². The van der Waals surface area contributed by atoms with Crippen molar-refractivity contribution in [2.75, 3.05) is 5.73 Å². The van der Waals surface area contributed by atoms with E-state index in [0.29, 0.717) is 17.8 Å². The van der Waals surface area contributed by atoms with Gasteiger partial charge in [-0.1, -0.05) is 20.8 Å². The first-order valence-electron chi connectivity index (χ1n) is 7.62. The highest BCUT2D eigenvalue weighted by molar-refractivity contribution is 5.59. The number of rotatable bonds is 5. The van der Waals surface area contributed by atoms with Crippen molar-refractivity contribution in [1.82, 2.24) is 19.5 Å². The SMILES string of the molecule is CCc1nc(N)n(CCC(C)C)c2nc(C3CC3)nc1-2. The van der Waals surface area contributed by atoms with Gasteiger partial charge >= 0.3 is 0 Å². The van der Waals surface area contributed by atoms with Gasteiger partial charge in [0.1, 0.15) is 11.5 Å². The largest absolute Gasteiger partial charge is 0.369 e. The molecule has 0 aromatic rings. The highest BCUT2D eigenvalue weighted by Gasteiger charge is 2.31. The van der Waals surface area contributed by atoms with Crippen LogP contribution in [-0.2, 0) is 13.0 Å². The Morgan fingerprint density at radius 1 is 1.25 bits per heavy atom. The Kier molecular flexibility index (Phi) is 3.36. The maximum atomic E-state index is 6.13. The van der Waals surface area contributed by atoms with E-state index in [0.717, 1.165) is 42.4 Å². The summed E-state index contributed by atoms with van der Waals surface area (Å²) in [6.45, 7) is 7.38. The Morgan fingerprint density at radius 2 is 2.00 bits per heavy atom. The van der Waals surface area contributed by atoms with Crippen molar-refractivity contribution in [3.63, 3.8) is 0 Å². The van der Waals surface area contributed by atoms with E-state index in [-0.39, 0.29) is 0 Å². The fourth-order valence-electron chi connectivity index (χ4n) is 2.47. The van der Waals surface area contributed by atoms with Crippen LogP contribution in [0.15, 0.2) is 0 Å². The van der Waals surface area contributed by atoms with Crippen LogP contribution < -0.4 is 5.73 Å². The number of nitrogens with zero attached hydrogens (tertiary/aromatic N) is 4. The smallest absolute Gasteiger partial charge is 0.202 e. The molecule has 1 fully saturated rings. The third kappa shape index (κ3) is 2.37. The molecule has 2 N–H and O–H groups in total. The van der Waals surface area contributed by atoms with Crippen LogP contribution in [0.2, 0.25) is 0 Å². The van der Waals surface area contributed by atoms with E-state index in [1.165, 1.54) is 12.8 Å². The van der Waals surface area contributed by atoms with E-state index in [1.54, 1.807) is 0 Å². The second kappa shape index (κ2) is 5.04. The van der Waals surface area contributed by atoms with Gasteiger partial charge in [0.2, 0.25) is 5.95 Å². The molecule has 108 valence electrons. The number of fused-ring (bicyclic) bond motifs is 1. The van der Waals surface area contributed by atoms with Crippen LogP contribution in [0.25, 0.3) is 11.5 Å². The van der Waals surface area contributed by atoms with Crippen LogP contribution in [0, 0.1) is 5.92 Å². The number of nitrogens with two attached hydrogens (primary N) is 1. The van der Waals surface area contributed by atoms with Crippen molar-refractivity contribution >= 4 is 5.95 Å². The molecule has 0 atom stereocenters. The highest BCUT2D eigenvalue weighted by atomic mass is 15.2. The molecule has 0 saturated heterocycles. The van der Waals surface area contributed by atoms with Crippen molar-refractivity contribution in [3.05, 3.63) is 11.5 Å². The van der Waals surface area contributed by atoms with Crippen molar-refractivity contribution in [2.45, 2.75) is 58.9 Å². The maximum Gasteiger partial charge on any atom is 0.202 e. The summed E-state index contributed by atoms with van der Waals surface area (Å²) in [6.07, 6.45) is 4.34. The predicted molar refractivity (Wildman–Crippen MR) is 79.7 cm³/mol. The first-order chi connectivity index (χ1) is 9.60. The standard InChI is InChI=1S/C15H23N5/c1-4-11-12-14(19-13(18-12)10-5-6-10)20(15(16)17-11)8-7-9(2)3/h9-10H,4-8H2,1-3H3,(H2,16,17). The van der Waals surface area contributed by atoms with Gasteiger partial charge in [0.05, 0.1) is 5.69 Å². The molecule has 20 heavy (non-hydrogen) atoms. The number of nitrogen functional groups attached to an aromatic ring is 1. The zero-order valence-corrected chi connectivity index (χ0v) is 12.6. The van der Waals surface area contributed by atoms with E-state index < -0.39 is 0 Å². The van der Waals surface area contributed by atoms with Gasteiger partial charge in [-0.2, -0.15) is 0 Å².